The van der Waals surface area contributed by atoms with Gasteiger partial charge in [-0.15, -0.1) is 11.3 Å². The molecule has 0 aliphatic carbocycles. The van der Waals surface area contributed by atoms with E-state index in [9.17, 15) is 14.0 Å². The Morgan fingerprint density at radius 2 is 1.97 bits per heavy atom. The highest BCUT2D eigenvalue weighted by molar-refractivity contribution is 7.14. The van der Waals surface area contributed by atoms with Gasteiger partial charge in [0.1, 0.15) is 11.6 Å². The second-order valence-corrected chi connectivity index (χ2v) is 7.04. The molecule has 0 spiro atoms. The number of aromatic nitrogens is 1. The summed E-state index contributed by atoms with van der Waals surface area (Å²) >= 11 is 6.88. The summed E-state index contributed by atoms with van der Waals surface area (Å²) in [4.78, 5) is 28.5. The second-order valence-electron chi connectivity index (χ2n) is 5.78. The van der Waals surface area contributed by atoms with Crippen LogP contribution in [-0.4, -0.2) is 24.0 Å². The molecule has 0 saturated carbocycles. The molecule has 29 heavy (non-hydrogen) atoms. The molecule has 0 radical (unpaired) electrons. The van der Waals surface area contributed by atoms with Crippen LogP contribution in [0.5, 0.6) is 5.75 Å². The molecule has 0 saturated heterocycles. The Kier molecular flexibility index (Phi) is 6.63. The smallest absolute Gasteiger partial charge is 0.325 e. The van der Waals surface area contributed by atoms with Crippen LogP contribution in [0.2, 0.25) is 5.02 Å². The molecule has 3 N–H and O–H groups in total. The summed E-state index contributed by atoms with van der Waals surface area (Å²) in [5, 5.41) is 9.82. The van der Waals surface area contributed by atoms with E-state index in [1.807, 2.05) is 0 Å². The lowest BCUT2D eigenvalue weighted by molar-refractivity contribution is -0.115. The number of anilines is 3. The van der Waals surface area contributed by atoms with Crippen LogP contribution in [0.25, 0.3) is 0 Å². The lowest BCUT2D eigenvalue weighted by atomic mass is 10.2. The summed E-state index contributed by atoms with van der Waals surface area (Å²) in [7, 11) is 1.51. The first-order valence-corrected chi connectivity index (χ1v) is 9.60. The number of nitrogens with one attached hydrogen (secondary N) is 3. The number of benzene rings is 2. The zero-order valence-corrected chi connectivity index (χ0v) is 16.7. The summed E-state index contributed by atoms with van der Waals surface area (Å²) in [5.74, 6) is -0.380. The number of hydrogen-bond acceptors (Lipinski definition) is 5. The van der Waals surface area contributed by atoms with Crippen molar-refractivity contribution in [2.75, 3.05) is 23.1 Å². The van der Waals surface area contributed by atoms with Crippen LogP contribution in [-0.2, 0) is 11.2 Å². The molecule has 3 aromatic rings. The number of carbonyl (C=O) groups excluding carboxylic acids is 2. The predicted molar refractivity (Wildman–Crippen MR) is 111 cm³/mol. The fourth-order valence-electron chi connectivity index (χ4n) is 2.39. The van der Waals surface area contributed by atoms with Gasteiger partial charge in [0.2, 0.25) is 5.91 Å². The van der Waals surface area contributed by atoms with E-state index in [0.29, 0.717) is 27.9 Å². The number of para-hydroxylation sites is 2. The lowest BCUT2D eigenvalue weighted by Gasteiger charge is -2.09. The Morgan fingerprint density at radius 1 is 1.17 bits per heavy atom. The Labute approximate surface area is 174 Å². The number of urea groups is 1. The van der Waals surface area contributed by atoms with Gasteiger partial charge >= 0.3 is 6.03 Å². The van der Waals surface area contributed by atoms with E-state index >= 15 is 0 Å². The van der Waals surface area contributed by atoms with Crippen molar-refractivity contribution in [3.63, 3.8) is 0 Å². The summed E-state index contributed by atoms with van der Waals surface area (Å²) < 4.78 is 18.3. The van der Waals surface area contributed by atoms with E-state index < -0.39 is 11.8 Å². The number of hydrogen-bond donors (Lipinski definition) is 3. The first-order valence-electron chi connectivity index (χ1n) is 8.35. The van der Waals surface area contributed by atoms with Gasteiger partial charge in [-0.1, -0.05) is 23.7 Å². The zero-order chi connectivity index (χ0) is 20.8. The fourth-order valence-corrected chi connectivity index (χ4v) is 3.27. The fraction of sp³-hybridized carbons (Fsp3) is 0.105. The van der Waals surface area contributed by atoms with Crippen molar-refractivity contribution in [3.05, 3.63) is 64.4 Å². The maximum absolute atomic E-state index is 13.2. The second kappa shape index (κ2) is 9.35. The number of ether oxygens (including phenoxy) is 1. The molecule has 3 rings (SSSR count). The number of halogens is 2. The molecule has 0 unspecified atom stereocenters. The van der Waals surface area contributed by atoms with Crippen molar-refractivity contribution in [2.45, 2.75) is 6.42 Å². The summed E-state index contributed by atoms with van der Waals surface area (Å²) in [6.07, 6.45) is -0.0126. The van der Waals surface area contributed by atoms with Crippen molar-refractivity contribution in [2.24, 2.45) is 0 Å². The van der Waals surface area contributed by atoms with E-state index in [1.54, 1.807) is 29.6 Å². The maximum atomic E-state index is 13.2. The van der Waals surface area contributed by atoms with Crippen molar-refractivity contribution in [1.82, 2.24) is 4.98 Å². The highest BCUT2D eigenvalue weighted by atomic mass is 35.5. The van der Waals surface area contributed by atoms with Crippen LogP contribution < -0.4 is 20.7 Å². The molecule has 0 atom stereocenters. The average molecular weight is 435 g/mol. The standard InChI is InChI=1S/C19H16ClFN4O3S/c1-28-16-5-3-2-4-15(16)24-18(27)25-19-23-12(10-29-19)9-17(26)22-11-6-7-14(21)13(20)8-11/h2-8,10H,9H2,1H3,(H,22,26)(H2,23,24,25,27). The number of thiazole rings is 1. The Bertz CT molecular complexity index is 1040. The summed E-state index contributed by atoms with van der Waals surface area (Å²) in [6.45, 7) is 0. The minimum Gasteiger partial charge on any atom is -0.495 e. The van der Waals surface area contributed by atoms with Gasteiger partial charge in [-0.2, -0.15) is 0 Å². The van der Waals surface area contributed by atoms with E-state index in [4.69, 9.17) is 16.3 Å². The molecule has 150 valence electrons. The largest absolute Gasteiger partial charge is 0.495 e. The predicted octanol–water partition coefficient (Wildman–Crippen LogP) is 4.77. The van der Waals surface area contributed by atoms with Crippen molar-refractivity contribution in [3.8, 4) is 5.75 Å². The summed E-state index contributed by atoms with van der Waals surface area (Å²) in [5.41, 5.74) is 1.38. The quantitative estimate of drug-likeness (QED) is 0.521. The van der Waals surface area contributed by atoms with E-state index in [0.717, 1.165) is 0 Å². The van der Waals surface area contributed by atoms with Crippen molar-refractivity contribution < 1.29 is 18.7 Å². The summed E-state index contributed by atoms with van der Waals surface area (Å²) in [6, 6.07) is 10.4. The third-order valence-electron chi connectivity index (χ3n) is 3.67. The van der Waals surface area contributed by atoms with Crippen LogP contribution in [0.1, 0.15) is 5.69 Å². The van der Waals surface area contributed by atoms with Gasteiger partial charge in [0, 0.05) is 11.1 Å². The number of rotatable bonds is 6. The van der Waals surface area contributed by atoms with E-state index in [2.05, 4.69) is 20.9 Å². The number of methoxy groups -OCH3 is 1. The molecule has 0 aliphatic heterocycles. The topological polar surface area (TPSA) is 92.3 Å². The first-order chi connectivity index (χ1) is 13.9. The molecule has 1 aromatic heterocycles. The third-order valence-corrected chi connectivity index (χ3v) is 4.77. The van der Waals surface area contributed by atoms with E-state index in [1.165, 1.54) is 36.6 Å². The number of nitrogens with zero attached hydrogens (tertiary/aromatic N) is 1. The van der Waals surface area contributed by atoms with Gasteiger partial charge in [0.25, 0.3) is 0 Å². The Hall–Kier alpha value is -3.17. The monoisotopic (exact) mass is 434 g/mol. The molecule has 0 aliphatic rings. The highest BCUT2D eigenvalue weighted by Crippen LogP contribution is 2.24. The average Bonchev–Trinajstić information content (AvgIpc) is 3.11. The molecular weight excluding hydrogens is 419 g/mol. The van der Waals surface area contributed by atoms with Crippen molar-refractivity contribution >= 4 is 51.4 Å². The van der Waals surface area contributed by atoms with Crippen LogP contribution in [0.15, 0.2) is 47.8 Å². The molecule has 7 nitrogen and oxygen atoms in total. The molecule has 0 fully saturated rings. The minimum absolute atomic E-state index is 0.0126. The number of amides is 3. The molecule has 3 amide bonds. The van der Waals surface area contributed by atoms with Crippen molar-refractivity contribution in [1.29, 1.82) is 0 Å². The normalized spacial score (nSPS) is 10.3. The van der Waals surface area contributed by atoms with Crippen LogP contribution in [0, 0.1) is 5.82 Å². The Morgan fingerprint density at radius 3 is 2.72 bits per heavy atom. The van der Waals surface area contributed by atoms with Gasteiger partial charge in [-0.25, -0.2) is 14.2 Å². The van der Waals surface area contributed by atoms with E-state index in [-0.39, 0.29) is 17.4 Å². The van der Waals surface area contributed by atoms with Gasteiger partial charge in [0.15, 0.2) is 5.13 Å². The van der Waals surface area contributed by atoms with Crippen LogP contribution >= 0.6 is 22.9 Å². The van der Waals surface area contributed by atoms with Crippen LogP contribution in [0.4, 0.5) is 25.7 Å². The molecule has 2 aromatic carbocycles. The lowest BCUT2D eigenvalue weighted by Crippen LogP contribution is -2.20. The number of carbonyl (C=O) groups is 2. The SMILES string of the molecule is COc1ccccc1NC(=O)Nc1nc(CC(=O)Nc2ccc(F)c(Cl)c2)cs1. The van der Waals surface area contributed by atoms with Gasteiger partial charge in [0.05, 0.1) is 29.9 Å². The van der Waals surface area contributed by atoms with Gasteiger partial charge < -0.3 is 15.4 Å². The highest BCUT2D eigenvalue weighted by Gasteiger charge is 2.12. The molecular formula is C19H16ClFN4O3S. The van der Waals surface area contributed by atoms with Gasteiger partial charge in [-0.05, 0) is 30.3 Å². The maximum Gasteiger partial charge on any atom is 0.325 e. The zero-order valence-electron chi connectivity index (χ0n) is 15.2. The Balaban J connectivity index is 1.55. The van der Waals surface area contributed by atoms with Gasteiger partial charge in [-0.3, -0.25) is 10.1 Å². The van der Waals surface area contributed by atoms with Crippen LogP contribution in [0.3, 0.4) is 0 Å². The first kappa shape index (κ1) is 20.6. The molecule has 10 heteroatoms. The molecule has 0 bridgehead atoms. The third kappa shape index (κ3) is 5.66. The molecule has 1 heterocycles. The minimum atomic E-state index is -0.564.